The summed E-state index contributed by atoms with van der Waals surface area (Å²) in [6.45, 7) is 10.7. The van der Waals surface area contributed by atoms with Crippen LogP contribution in [0.25, 0.3) is 0 Å². The molecule has 0 bridgehead atoms. The molecule has 1 saturated heterocycles. The number of thiophene rings is 1. The number of hydrogen-bond acceptors (Lipinski definition) is 3. The molecule has 1 aliphatic heterocycles. The van der Waals surface area contributed by atoms with Gasteiger partial charge in [0.05, 0.1) is 6.04 Å². The van der Waals surface area contributed by atoms with Crippen LogP contribution in [-0.4, -0.2) is 51.1 Å². The summed E-state index contributed by atoms with van der Waals surface area (Å²) in [7, 11) is 0. The predicted molar refractivity (Wildman–Crippen MR) is 117 cm³/mol. The zero-order valence-electron chi connectivity index (χ0n) is 17.5. The smallest absolute Gasteiger partial charge is 0.279 e. The van der Waals surface area contributed by atoms with Gasteiger partial charge in [0, 0.05) is 10.6 Å². The third kappa shape index (κ3) is 6.13. The first-order valence-corrected chi connectivity index (χ1v) is 11.2. The van der Waals surface area contributed by atoms with E-state index in [2.05, 4.69) is 10.6 Å². The Morgan fingerprint density at radius 2 is 1.55 bits per heavy atom. The average molecular weight is 417 g/mol. The summed E-state index contributed by atoms with van der Waals surface area (Å²) in [6.07, 6.45) is 0. The predicted octanol–water partition coefficient (Wildman–Crippen LogP) is -0.0358. The molecule has 156 valence electrons. The highest BCUT2D eigenvalue weighted by Gasteiger charge is 2.27. The Morgan fingerprint density at radius 3 is 2.10 bits per heavy atom. The van der Waals surface area contributed by atoms with E-state index in [9.17, 15) is 9.59 Å². The molecule has 0 radical (unpaired) electrons. The SMILES string of the molecule is Cc1cccc(C)c1NC(=O)C[NH+]1CC[NH+](CC(=O)N[C@H](C)c2cccs2)CC1. The zero-order chi connectivity index (χ0) is 20.8. The van der Waals surface area contributed by atoms with Gasteiger partial charge in [0.25, 0.3) is 11.8 Å². The van der Waals surface area contributed by atoms with Crippen molar-refractivity contribution in [1.82, 2.24) is 5.32 Å². The molecule has 4 N–H and O–H groups in total. The van der Waals surface area contributed by atoms with Crippen molar-refractivity contribution in [3.05, 3.63) is 51.7 Å². The van der Waals surface area contributed by atoms with E-state index in [0.29, 0.717) is 13.1 Å². The Balaban J connectivity index is 1.40. The van der Waals surface area contributed by atoms with Crippen molar-refractivity contribution >= 4 is 28.8 Å². The third-order valence-electron chi connectivity index (χ3n) is 5.58. The number of carbonyl (C=O) groups is 2. The fourth-order valence-electron chi connectivity index (χ4n) is 3.86. The maximum absolute atomic E-state index is 12.5. The fraction of sp³-hybridized carbons (Fsp3) is 0.455. The number of hydrogen-bond donors (Lipinski definition) is 4. The maximum atomic E-state index is 12.5. The molecule has 0 spiro atoms. The monoisotopic (exact) mass is 416 g/mol. The molecule has 1 atom stereocenters. The highest BCUT2D eigenvalue weighted by atomic mass is 32.1. The molecule has 6 nitrogen and oxygen atoms in total. The van der Waals surface area contributed by atoms with Gasteiger partial charge in [-0.05, 0) is 43.3 Å². The highest BCUT2D eigenvalue weighted by Crippen LogP contribution is 2.19. The molecule has 2 amide bonds. The molecular weight excluding hydrogens is 384 g/mol. The summed E-state index contributed by atoms with van der Waals surface area (Å²) >= 11 is 1.66. The van der Waals surface area contributed by atoms with Crippen molar-refractivity contribution < 1.29 is 19.4 Å². The summed E-state index contributed by atoms with van der Waals surface area (Å²) in [5, 5.41) is 8.19. The third-order valence-corrected chi connectivity index (χ3v) is 6.63. The van der Waals surface area contributed by atoms with E-state index in [1.807, 2.05) is 56.5 Å². The minimum Gasteiger partial charge on any atom is -0.344 e. The number of aryl methyl sites for hydroxylation is 2. The lowest BCUT2D eigenvalue weighted by Crippen LogP contribution is -3.28. The van der Waals surface area contributed by atoms with E-state index in [1.165, 1.54) is 14.7 Å². The molecule has 3 rings (SSSR count). The van der Waals surface area contributed by atoms with E-state index in [-0.39, 0.29) is 17.9 Å². The van der Waals surface area contributed by atoms with Gasteiger partial charge in [-0.3, -0.25) is 9.59 Å². The second-order valence-corrected chi connectivity index (χ2v) is 8.95. The molecule has 1 aromatic carbocycles. The van der Waals surface area contributed by atoms with Gasteiger partial charge in [0.15, 0.2) is 13.1 Å². The number of anilines is 1. The molecule has 2 aromatic rings. The van der Waals surface area contributed by atoms with Crippen LogP contribution in [0.2, 0.25) is 0 Å². The largest absolute Gasteiger partial charge is 0.344 e. The number of nitrogens with one attached hydrogen (secondary N) is 4. The number of benzene rings is 1. The number of quaternary nitrogens is 2. The van der Waals surface area contributed by atoms with Gasteiger partial charge in [-0.25, -0.2) is 0 Å². The molecule has 0 unspecified atom stereocenters. The van der Waals surface area contributed by atoms with Gasteiger partial charge in [-0.2, -0.15) is 0 Å². The van der Waals surface area contributed by atoms with Gasteiger partial charge < -0.3 is 20.4 Å². The summed E-state index contributed by atoms with van der Waals surface area (Å²) in [5.41, 5.74) is 3.11. The first kappa shape index (κ1) is 21.5. The molecule has 1 aromatic heterocycles. The Labute approximate surface area is 176 Å². The van der Waals surface area contributed by atoms with Crippen LogP contribution in [0.15, 0.2) is 35.7 Å². The molecule has 0 saturated carbocycles. The van der Waals surface area contributed by atoms with Crippen LogP contribution >= 0.6 is 11.3 Å². The zero-order valence-corrected chi connectivity index (χ0v) is 18.3. The van der Waals surface area contributed by atoms with E-state index < -0.39 is 0 Å². The Morgan fingerprint density at radius 1 is 0.966 bits per heavy atom. The number of piperazine rings is 1. The van der Waals surface area contributed by atoms with Gasteiger partial charge in [0.1, 0.15) is 26.2 Å². The van der Waals surface area contributed by atoms with Crippen LogP contribution in [0.3, 0.4) is 0 Å². The van der Waals surface area contributed by atoms with Crippen LogP contribution in [0.4, 0.5) is 5.69 Å². The summed E-state index contributed by atoms with van der Waals surface area (Å²) in [5.74, 6) is 0.153. The van der Waals surface area contributed by atoms with Crippen molar-refractivity contribution in [2.45, 2.75) is 26.8 Å². The minimum absolute atomic E-state index is 0.0578. The highest BCUT2D eigenvalue weighted by molar-refractivity contribution is 7.10. The minimum atomic E-state index is 0.0578. The van der Waals surface area contributed by atoms with Crippen molar-refractivity contribution in [2.24, 2.45) is 0 Å². The standard InChI is InChI=1S/C22H30N4O2S/c1-16-6-4-7-17(2)22(16)24-21(28)15-26-11-9-25(10-12-26)14-20(27)23-18(3)19-8-5-13-29-19/h4-8,13,18H,9-12,14-15H2,1-3H3,(H,23,27)(H,24,28)/p+2/t18-/m1/s1. The lowest BCUT2D eigenvalue weighted by molar-refractivity contribution is -1.00. The number of para-hydroxylation sites is 1. The van der Waals surface area contributed by atoms with Crippen molar-refractivity contribution in [2.75, 3.05) is 44.6 Å². The maximum Gasteiger partial charge on any atom is 0.279 e. The van der Waals surface area contributed by atoms with Crippen LogP contribution in [-0.2, 0) is 9.59 Å². The Kier molecular flexibility index (Phi) is 7.41. The van der Waals surface area contributed by atoms with Gasteiger partial charge >= 0.3 is 0 Å². The number of carbonyl (C=O) groups excluding carboxylic acids is 2. The topological polar surface area (TPSA) is 67.1 Å². The summed E-state index contributed by atoms with van der Waals surface area (Å²) < 4.78 is 0. The first-order chi connectivity index (χ1) is 13.9. The van der Waals surface area contributed by atoms with Crippen molar-refractivity contribution in [3.63, 3.8) is 0 Å². The van der Waals surface area contributed by atoms with Gasteiger partial charge in [-0.1, -0.05) is 24.3 Å². The van der Waals surface area contributed by atoms with Crippen molar-refractivity contribution in [3.8, 4) is 0 Å². The Bertz CT molecular complexity index is 809. The molecular formula is C22H32N4O2S+2. The van der Waals surface area contributed by atoms with Crippen LogP contribution in [0.5, 0.6) is 0 Å². The quantitative estimate of drug-likeness (QED) is 0.512. The van der Waals surface area contributed by atoms with Crippen molar-refractivity contribution in [1.29, 1.82) is 0 Å². The molecule has 7 heteroatoms. The summed E-state index contributed by atoms with van der Waals surface area (Å²) in [4.78, 5) is 28.6. The van der Waals surface area contributed by atoms with E-state index in [0.717, 1.165) is 43.0 Å². The van der Waals surface area contributed by atoms with E-state index in [4.69, 9.17) is 0 Å². The lowest BCUT2D eigenvalue weighted by Gasteiger charge is -2.29. The van der Waals surface area contributed by atoms with Gasteiger partial charge in [0.2, 0.25) is 0 Å². The second kappa shape index (κ2) is 10.0. The molecule has 0 aliphatic carbocycles. The van der Waals surface area contributed by atoms with Crippen LogP contribution < -0.4 is 20.4 Å². The lowest BCUT2D eigenvalue weighted by atomic mass is 10.1. The Hall–Kier alpha value is -2.22. The van der Waals surface area contributed by atoms with Crippen LogP contribution in [0, 0.1) is 13.8 Å². The molecule has 1 fully saturated rings. The van der Waals surface area contributed by atoms with Crippen LogP contribution in [0.1, 0.15) is 29.0 Å². The molecule has 2 heterocycles. The summed E-state index contributed by atoms with van der Waals surface area (Å²) in [6, 6.07) is 10.2. The molecule has 1 aliphatic rings. The van der Waals surface area contributed by atoms with E-state index in [1.54, 1.807) is 11.3 Å². The number of amides is 2. The second-order valence-electron chi connectivity index (χ2n) is 7.97. The molecule has 29 heavy (non-hydrogen) atoms. The first-order valence-electron chi connectivity index (χ1n) is 10.3. The normalized spacial score (nSPS) is 20.1. The number of rotatable bonds is 7. The van der Waals surface area contributed by atoms with E-state index >= 15 is 0 Å². The fourth-order valence-corrected chi connectivity index (χ4v) is 4.60. The van der Waals surface area contributed by atoms with Gasteiger partial charge in [-0.15, -0.1) is 11.3 Å². The average Bonchev–Trinajstić information content (AvgIpc) is 3.21.